The summed E-state index contributed by atoms with van der Waals surface area (Å²) in [7, 11) is 0. The van der Waals surface area contributed by atoms with Crippen LogP contribution in [0.3, 0.4) is 0 Å². The molecule has 0 spiro atoms. The topological polar surface area (TPSA) is 64.0 Å². The van der Waals surface area contributed by atoms with Crippen LogP contribution in [0.4, 0.5) is 5.69 Å². The van der Waals surface area contributed by atoms with Crippen LogP contribution >= 0.6 is 23.5 Å². The molecule has 0 saturated heterocycles. The third-order valence-corrected chi connectivity index (χ3v) is 7.89. The fraction of sp³-hybridized carbons (Fsp3) is 0.346. The minimum atomic E-state index is -0.0952. The number of nitrogens with one attached hydrogen (secondary N) is 1. The Balaban J connectivity index is 1.54. The van der Waals surface area contributed by atoms with Gasteiger partial charge in [0.15, 0.2) is 5.16 Å². The van der Waals surface area contributed by atoms with Crippen molar-refractivity contribution in [2.24, 2.45) is 0 Å². The molecule has 2 heterocycles. The number of thioether (sulfide) groups is 2. The Labute approximate surface area is 203 Å². The van der Waals surface area contributed by atoms with E-state index in [2.05, 4.69) is 43.4 Å². The van der Waals surface area contributed by atoms with Gasteiger partial charge in [-0.15, -0.1) is 11.8 Å². The standard InChI is InChI=1S/C26H29N3O2S2/c1-16-12-17(2)23(18(3)13-16)28-22(30)15-32-26-27-21-14-19(4)33-24(21)25(31)29(26)11-10-20-8-6-5-7-9-20/h5-9,12-13,19H,10-11,14-15H2,1-4H3,(H,28,30). The summed E-state index contributed by atoms with van der Waals surface area (Å²) in [6, 6.07) is 14.3. The van der Waals surface area contributed by atoms with Gasteiger partial charge in [0.2, 0.25) is 5.91 Å². The van der Waals surface area contributed by atoms with Crippen molar-refractivity contribution in [2.45, 2.75) is 62.4 Å². The van der Waals surface area contributed by atoms with E-state index in [-0.39, 0.29) is 17.2 Å². The van der Waals surface area contributed by atoms with E-state index in [0.29, 0.717) is 17.0 Å². The lowest BCUT2D eigenvalue weighted by Crippen LogP contribution is -2.27. The maximum absolute atomic E-state index is 13.3. The van der Waals surface area contributed by atoms with Gasteiger partial charge < -0.3 is 5.32 Å². The molecule has 1 atom stereocenters. The molecule has 0 bridgehead atoms. The van der Waals surface area contributed by atoms with E-state index < -0.39 is 0 Å². The van der Waals surface area contributed by atoms with Crippen LogP contribution in [0.25, 0.3) is 0 Å². The van der Waals surface area contributed by atoms with Crippen LogP contribution < -0.4 is 10.9 Å². The SMILES string of the molecule is Cc1cc(C)c(NC(=O)CSc2nc3c(c(=O)n2CCc2ccccc2)SC(C)C3)c(C)c1. The van der Waals surface area contributed by atoms with Crippen molar-refractivity contribution in [3.05, 3.63) is 80.8 Å². The molecule has 172 valence electrons. The van der Waals surface area contributed by atoms with Crippen molar-refractivity contribution in [2.75, 3.05) is 11.1 Å². The third kappa shape index (κ3) is 5.53. The fourth-order valence-electron chi connectivity index (χ4n) is 4.21. The number of carbonyl (C=O) groups is 1. The van der Waals surface area contributed by atoms with Gasteiger partial charge in [-0.05, 0) is 43.9 Å². The van der Waals surface area contributed by atoms with Gasteiger partial charge in [0.05, 0.1) is 16.3 Å². The van der Waals surface area contributed by atoms with E-state index >= 15 is 0 Å². The van der Waals surface area contributed by atoms with Crippen molar-refractivity contribution < 1.29 is 4.79 Å². The largest absolute Gasteiger partial charge is 0.325 e. The van der Waals surface area contributed by atoms with E-state index in [4.69, 9.17) is 4.98 Å². The summed E-state index contributed by atoms with van der Waals surface area (Å²) in [6.45, 7) is 8.72. The second kappa shape index (κ2) is 10.2. The number of amides is 1. The average Bonchev–Trinajstić information content (AvgIpc) is 3.15. The van der Waals surface area contributed by atoms with Crippen LogP contribution in [0.1, 0.15) is 34.9 Å². The maximum Gasteiger partial charge on any atom is 0.268 e. The monoisotopic (exact) mass is 479 g/mol. The number of aryl methyl sites for hydroxylation is 4. The predicted molar refractivity (Wildman–Crippen MR) is 138 cm³/mol. The Kier molecular flexibility index (Phi) is 7.29. The first-order valence-electron chi connectivity index (χ1n) is 11.2. The molecule has 1 N–H and O–H groups in total. The van der Waals surface area contributed by atoms with Crippen LogP contribution in [0.15, 0.2) is 57.3 Å². The van der Waals surface area contributed by atoms with E-state index in [9.17, 15) is 9.59 Å². The summed E-state index contributed by atoms with van der Waals surface area (Å²) in [5, 5.41) is 4.02. The molecule has 1 aliphatic heterocycles. The van der Waals surface area contributed by atoms with Gasteiger partial charge in [0, 0.05) is 23.9 Å². The second-order valence-electron chi connectivity index (χ2n) is 8.61. The first-order valence-corrected chi connectivity index (χ1v) is 13.0. The second-order valence-corrected chi connectivity index (χ2v) is 11.0. The molecular weight excluding hydrogens is 450 g/mol. The van der Waals surface area contributed by atoms with Crippen LogP contribution in [-0.2, 0) is 24.2 Å². The van der Waals surface area contributed by atoms with Gasteiger partial charge >= 0.3 is 0 Å². The van der Waals surface area contributed by atoms with E-state index in [1.807, 2.05) is 32.0 Å². The smallest absolute Gasteiger partial charge is 0.268 e. The lowest BCUT2D eigenvalue weighted by atomic mass is 10.1. The molecule has 0 radical (unpaired) electrons. The Morgan fingerprint density at radius 2 is 1.88 bits per heavy atom. The number of carbonyl (C=O) groups excluding carboxylic acids is 1. The highest BCUT2D eigenvalue weighted by atomic mass is 32.2. The maximum atomic E-state index is 13.3. The number of rotatable bonds is 7. The number of hydrogen-bond acceptors (Lipinski definition) is 5. The van der Waals surface area contributed by atoms with Gasteiger partial charge in [-0.3, -0.25) is 14.2 Å². The number of aromatic nitrogens is 2. The lowest BCUT2D eigenvalue weighted by Gasteiger charge is -2.15. The van der Waals surface area contributed by atoms with Gasteiger partial charge in [0.25, 0.3) is 5.56 Å². The summed E-state index contributed by atoms with van der Waals surface area (Å²) >= 11 is 2.94. The molecule has 1 aromatic heterocycles. The Morgan fingerprint density at radius 3 is 2.58 bits per heavy atom. The number of fused-ring (bicyclic) bond motifs is 1. The van der Waals surface area contributed by atoms with Gasteiger partial charge in [-0.2, -0.15) is 0 Å². The first-order chi connectivity index (χ1) is 15.8. The van der Waals surface area contributed by atoms with Crippen LogP contribution in [-0.4, -0.2) is 26.5 Å². The van der Waals surface area contributed by atoms with Gasteiger partial charge in [0.1, 0.15) is 0 Å². The van der Waals surface area contributed by atoms with Crippen LogP contribution in [0, 0.1) is 20.8 Å². The molecular formula is C26H29N3O2S2. The summed E-state index contributed by atoms with van der Waals surface area (Å²) in [4.78, 5) is 31.7. The molecule has 0 fully saturated rings. The number of hydrogen-bond donors (Lipinski definition) is 1. The third-order valence-electron chi connectivity index (χ3n) is 5.70. The summed E-state index contributed by atoms with van der Waals surface area (Å²) in [5.41, 5.74) is 6.18. The highest BCUT2D eigenvalue weighted by Crippen LogP contribution is 2.34. The lowest BCUT2D eigenvalue weighted by molar-refractivity contribution is -0.113. The zero-order valence-electron chi connectivity index (χ0n) is 19.5. The molecule has 1 aliphatic rings. The average molecular weight is 480 g/mol. The Hall–Kier alpha value is -2.51. The van der Waals surface area contributed by atoms with Gasteiger partial charge in [-0.1, -0.05) is 66.7 Å². The summed E-state index contributed by atoms with van der Waals surface area (Å²) < 4.78 is 1.75. The van der Waals surface area contributed by atoms with Crippen molar-refractivity contribution in [1.29, 1.82) is 0 Å². The molecule has 33 heavy (non-hydrogen) atoms. The van der Waals surface area contributed by atoms with E-state index in [1.165, 1.54) is 22.9 Å². The van der Waals surface area contributed by atoms with E-state index in [0.717, 1.165) is 40.2 Å². The van der Waals surface area contributed by atoms with Crippen LogP contribution in [0.2, 0.25) is 0 Å². The molecule has 0 aliphatic carbocycles. The molecule has 3 aromatic rings. The number of benzene rings is 2. The molecule has 1 unspecified atom stereocenters. The Morgan fingerprint density at radius 1 is 1.18 bits per heavy atom. The molecule has 4 rings (SSSR count). The summed E-state index contributed by atoms with van der Waals surface area (Å²) in [5.74, 6) is 0.105. The molecule has 5 nitrogen and oxygen atoms in total. The highest BCUT2D eigenvalue weighted by molar-refractivity contribution is 8.00. The first kappa shape index (κ1) is 23.6. The highest BCUT2D eigenvalue weighted by Gasteiger charge is 2.26. The molecule has 2 aromatic carbocycles. The Bertz CT molecular complexity index is 1220. The molecule has 0 saturated carbocycles. The quantitative estimate of drug-likeness (QED) is 0.374. The van der Waals surface area contributed by atoms with Crippen molar-refractivity contribution in [1.82, 2.24) is 9.55 Å². The van der Waals surface area contributed by atoms with E-state index in [1.54, 1.807) is 16.3 Å². The zero-order valence-corrected chi connectivity index (χ0v) is 21.1. The normalized spacial score (nSPS) is 14.8. The summed E-state index contributed by atoms with van der Waals surface area (Å²) in [6.07, 6.45) is 1.53. The zero-order chi connectivity index (χ0) is 23.5. The molecule has 1 amide bonds. The minimum Gasteiger partial charge on any atom is -0.325 e. The number of nitrogens with zero attached hydrogens (tertiary/aromatic N) is 2. The minimum absolute atomic E-state index is 0.0124. The van der Waals surface area contributed by atoms with Crippen molar-refractivity contribution >= 4 is 35.1 Å². The number of anilines is 1. The van der Waals surface area contributed by atoms with Crippen molar-refractivity contribution in [3.63, 3.8) is 0 Å². The van der Waals surface area contributed by atoms with Gasteiger partial charge in [-0.25, -0.2) is 4.98 Å². The molecule has 7 heteroatoms. The van der Waals surface area contributed by atoms with Crippen LogP contribution in [0.5, 0.6) is 0 Å². The predicted octanol–water partition coefficient (Wildman–Crippen LogP) is 5.18. The fourth-order valence-corrected chi connectivity index (χ4v) is 6.16. The van der Waals surface area contributed by atoms with Crippen molar-refractivity contribution in [3.8, 4) is 0 Å².